The predicted molar refractivity (Wildman–Crippen MR) is 65.2 cm³/mol. The molecule has 0 aliphatic carbocycles. The van der Waals surface area contributed by atoms with Crippen LogP contribution in [0.3, 0.4) is 0 Å². The molecule has 2 aromatic rings. The number of carbonyl (C=O) groups excluding carboxylic acids is 1. The first kappa shape index (κ1) is 11.3. The Morgan fingerprint density at radius 1 is 1.18 bits per heavy atom. The van der Waals surface area contributed by atoms with E-state index in [1.807, 2.05) is 31.2 Å². The van der Waals surface area contributed by atoms with E-state index in [1.165, 1.54) is 0 Å². The Hall–Kier alpha value is -2.16. The summed E-state index contributed by atoms with van der Waals surface area (Å²) >= 11 is 0. The first-order chi connectivity index (χ1) is 8.25. The highest BCUT2D eigenvalue weighted by molar-refractivity contribution is 5.97. The number of benzene rings is 1. The third kappa shape index (κ3) is 3.14. The summed E-state index contributed by atoms with van der Waals surface area (Å²) in [5.74, 6) is 0.575. The second kappa shape index (κ2) is 5.25. The fraction of sp³-hybridized carbons (Fsp3) is 0.143. The number of Topliss-reactive ketones (excluding diaryl/α,β-unsaturated/α-hetero) is 1. The summed E-state index contributed by atoms with van der Waals surface area (Å²) in [5, 5.41) is 0. The SMILES string of the molecule is Cc1ccc(OCC(=O)c2ccccc2)cn1. The Morgan fingerprint density at radius 3 is 2.59 bits per heavy atom. The quantitative estimate of drug-likeness (QED) is 0.754. The standard InChI is InChI=1S/C14H13NO2/c1-11-7-8-13(9-15-11)17-10-14(16)12-5-3-2-4-6-12/h2-9H,10H2,1H3. The lowest BCUT2D eigenvalue weighted by atomic mass is 10.1. The highest BCUT2D eigenvalue weighted by Crippen LogP contribution is 2.09. The maximum absolute atomic E-state index is 11.7. The van der Waals surface area contributed by atoms with Gasteiger partial charge in [0.25, 0.3) is 0 Å². The van der Waals surface area contributed by atoms with Crippen molar-refractivity contribution in [1.29, 1.82) is 0 Å². The minimum Gasteiger partial charge on any atom is -0.484 e. The number of ketones is 1. The zero-order chi connectivity index (χ0) is 12.1. The molecule has 1 heterocycles. The highest BCUT2D eigenvalue weighted by atomic mass is 16.5. The van der Waals surface area contributed by atoms with Crippen LogP contribution < -0.4 is 4.74 Å². The van der Waals surface area contributed by atoms with E-state index in [0.717, 1.165) is 5.69 Å². The van der Waals surface area contributed by atoms with Crippen molar-refractivity contribution < 1.29 is 9.53 Å². The molecule has 0 aliphatic heterocycles. The van der Waals surface area contributed by atoms with Crippen LogP contribution in [0, 0.1) is 6.92 Å². The van der Waals surface area contributed by atoms with Gasteiger partial charge in [-0.25, -0.2) is 0 Å². The second-order valence-electron chi connectivity index (χ2n) is 3.71. The van der Waals surface area contributed by atoms with Crippen LogP contribution in [0.2, 0.25) is 0 Å². The molecule has 0 fully saturated rings. The minimum atomic E-state index is -0.0359. The van der Waals surface area contributed by atoms with Crippen molar-refractivity contribution in [1.82, 2.24) is 4.98 Å². The van der Waals surface area contributed by atoms with Gasteiger partial charge in [-0.15, -0.1) is 0 Å². The van der Waals surface area contributed by atoms with Gasteiger partial charge in [0, 0.05) is 11.3 Å². The molecule has 0 amide bonds. The predicted octanol–water partition coefficient (Wildman–Crippen LogP) is 2.65. The Balaban J connectivity index is 1.95. The molecule has 3 heteroatoms. The molecule has 0 spiro atoms. The summed E-state index contributed by atoms with van der Waals surface area (Å²) in [6, 6.07) is 12.8. The third-order valence-corrected chi connectivity index (χ3v) is 2.35. The average Bonchev–Trinajstić information content (AvgIpc) is 2.39. The molecule has 17 heavy (non-hydrogen) atoms. The fourth-order valence-electron chi connectivity index (χ4n) is 1.40. The zero-order valence-electron chi connectivity index (χ0n) is 9.59. The van der Waals surface area contributed by atoms with E-state index in [9.17, 15) is 4.79 Å². The highest BCUT2D eigenvalue weighted by Gasteiger charge is 2.05. The van der Waals surface area contributed by atoms with E-state index in [0.29, 0.717) is 11.3 Å². The molecule has 2 rings (SSSR count). The van der Waals surface area contributed by atoms with Crippen LogP contribution in [0.4, 0.5) is 0 Å². The first-order valence-corrected chi connectivity index (χ1v) is 5.39. The molecule has 1 aromatic heterocycles. The third-order valence-electron chi connectivity index (χ3n) is 2.35. The molecular weight excluding hydrogens is 214 g/mol. The topological polar surface area (TPSA) is 39.2 Å². The second-order valence-corrected chi connectivity index (χ2v) is 3.71. The van der Waals surface area contributed by atoms with Crippen molar-refractivity contribution in [3.63, 3.8) is 0 Å². The van der Waals surface area contributed by atoms with Gasteiger partial charge in [0.15, 0.2) is 12.4 Å². The monoisotopic (exact) mass is 227 g/mol. The molecule has 0 unspecified atom stereocenters. The molecule has 0 radical (unpaired) electrons. The summed E-state index contributed by atoms with van der Waals surface area (Å²) in [6.45, 7) is 1.94. The maximum Gasteiger partial charge on any atom is 0.200 e. The van der Waals surface area contributed by atoms with Gasteiger partial charge in [-0.05, 0) is 19.1 Å². The van der Waals surface area contributed by atoms with Crippen LogP contribution in [-0.2, 0) is 0 Å². The smallest absolute Gasteiger partial charge is 0.200 e. The molecular formula is C14H13NO2. The lowest BCUT2D eigenvalue weighted by Gasteiger charge is -2.05. The normalized spacial score (nSPS) is 9.94. The molecule has 0 N–H and O–H groups in total. The van der Waals surface area contributed by atoms with Crippen LogP contribution in [0.25, 0.3) is 0 Å². The molecule has 0 aliphatic rings. The van der Waals surface area contributed by atoms with Gasteiger partial charge in [-0.3, -0.25) is 9.78 Å². The van der Waals surface area contributed by atoms with Crippen molar-refractivity contribution in [2.24, 2.45) is 0 Å². The minimum absolute atomic E-state index is 0.0359. The summed E-state index contributed by atoms with van der Waals surface area (Å²) < 4.78 is 5.37. The van der Waals surface area contributed by atoms with Crippen LogP contribution in [0.15, 0.2) is 48.7 Å². The van der Waals surface area contributed by atoms with Crippen molar-refractivity contribution in [3.05, 3.63) is 59.9 Å². The number of hydrogen-bond acceptors (Lipinski definition) is 3. The van der Waals surface area contributed by atoms with Crippen molar-refractivity contribution in [3.8, 4) is 5.75 Å². The van der Waals surface area contributed by atoms with E-state index < -0.39 is 0 Å². The van der Waals surface area contributed by atoms with Gasteiger partial charge in [0.1, 0.15) is 5.75 Å². The molecule has 0 saturated heterocycles. The van der Waals surface area contributed by atoms with Crippen LogP contribution in [0.5, 0.6) is 5.75 Å². The largest absolute Gasteiger partial charge is 0.484 e. The Labute approximate surface area is 100 Å². The van der Waals surface area contributed by atoms with Crippen LogP contribution in [0.1, 0.15) is 16.1 Å². The Bertz CT molecular complexity index is 491. The van der Waals surface area contributed by atoms with Crippen molar-refractivity contribution in [2.45, 2.75) is 6.92 Å². The summed E-state index contributed by atoms with van der Waals surface area (Å²) in [4.78, 5) is 15.8. The van der Waals surface area contributed by atoms with Gasteiger partial charge >= 0.3 is 0 Å². The average molecular weight is 227 g/mol. The van der Waals surface area contributed by atoms with E-state index in [2.05, 4.69) is 4.98 Å². The molecule has 86 valence electrons. The van der Waals surface area contributed by atoms with E-state index in [-0.39, 0.29) is 12.4 Å². The molecule has 0 bridgehead atoms. The van der Waals surface area contributed by atoms with E-state index >= 15 is 0 Å². The van der Waals surface area contributed by atoms with Crippen LogP contribution in [-0.4, -0.2) is 17.4 Å². The van der Waals surface area contributed by atoms with Gasteiger partial charge in [0.05, 0.1) is 6.20 Å². The number of hydrogen-bond donors (Lipinski definition) is 0. The van der Waals surface area contributed by atoms with Gasteiger partial charge in [-0.2, -0.15) is 0 Å². The van der Waals surface area contributed by atoms with E-state index in [4.69, 9.17) is 4.74 Å². The first-order valence-electron chi connectivity index (χ1n) is 5.39. The zero-order valence-corrected chi connectivity index (χ0v) is 9.59. The maximum atomic E-state index is 11.7. The Kier molecular flexibility index (Phi) is 3.50. The number of nitrogens with zero attached hydrogens (tertiary/aromatic N) is 1. The number of rotatable bonds is 4. The lowest BCUT2D eigenvalue weighted by Crippen LogP contribution is -2.11. The number of carbonyl (C=O) groups is 1. The van der Waals surface area contributed by atoms with Gasteiger partial charge < -0.3 is 4.74 Å². The fourth-order valence-corrected chi connectivity index (χ4v) is 1.40. The Morgan fingerprint density at radius 2 is 1.94 bits per heavy atom. The van der Waals surface area contributed by atoms with E-state index in [1.54, 1.807) is 24.4 Å². The molecule has 0 atom stereocenters. The number of aryl methyl sites for hydroxylation is 1. The van der Waals surface area contributed by atoms with Gasteiger partial charge in [-0.1, -0.05) is 30.3 Å². The number of aromatic nitrogens is 1. The summed E-state index contributed by atoms with van der Waals surface area (Å²) in [5.41, 5.74) is 1.58. The van der Waals surface area contributed by atoms with Crippen LogP contribution >= 0.6 is 0 Å². The molecule has 3 nitrogen and oxygen atoms in total. The van der Waals surface area contributed by atoms with Crippen molar-refractivity contribution in [2.75, 3.05) is 6.61 Å². The number of ether oxygens (including phenoxy) is 1. The summed E-state index contributed by atoms with van der Waals surface area (Å²) in [7, 11) is 0. The van der Waals surface area contributed by atoms with Crippen molar-refractivity contribution >= 4 is 5.78 Å². The van der Waals surface area contributed by atoms with Gasteiger partial charge in [0.2, 0.25) is 0 Å². The number of pyridine rings is 1. The lowest BCUT2D eigenvalue weighted by molar-refractivity contribution is 0.0921. The molecule has 0 saturated carbocycles. The molecule has 1 aromatic carbocycles. The summed E-state index contributed by atoms with van der Waals surface area (Å²) in [6.07, 6.45) is 1.62.